The third kappa shape index (κ3) is 3.89. The molecule has 0 saturated carbocycles. The van der Waals surface area contributed by atoms with E-state index < -0.39 is 5.91 Å². The second-order valence-corrected chi connectivity index (χ2v) is 6.49. The van der Waals surface area contributed by atoms with Gasteiger partial charge in [-0.25, -0.2) is 0 Å². The number of benzene rings is 1. The number of aromatic nitrogens is 4. The molecule has 3 N–H and O–H groups in total. The van der Waals surface area contributed by atoms with Gasteiger partial charge in [-0.05, 0) is 37.6 Å². The zero-order valence-corrected chi connectivity index (χ0v) is 15.6. The predicted molar refractivity (Wildman–Crippen MR) is 101 cm³/mol. The normalized spacial score (nSPS) is 10.8. The number of aromatic amines is 1. The molecule has 2 aromatic heterocycles. The number of nitrogens with one attached hydrogen (secondary N) is 1. The largest absolute Gasteiger partial charge is 0.368 e. The molecule has 0 aliphatic carbocycles. The number of aryl methyl sites for hydroxylation is 1. The fraction of sp³-hybridized carbons (Fsp3) is 0.263. The first-order valence-corrected chi connectivity index (χ1v) is 8.53. The zero-order chi connectivity index (χ0) is 19.6. The highest BCUT2D eigenvalue weighted by atomic mass is 16.2. The molecule has 0 aliphatic heterocycles. The maximum Gasteiger partial charge on any atom is 0.253 e. The van der Waals surface area contributed by atoms with Crippen molar-refractivity contribution < 1.29 is 9.59 Å². The number of carbonyl (C=O) groups excluding carboxylic acids is 2. The molecule has 0 bridgehead atoms. The van der Waals surface area contributed by atoms with E-state index in [1.54, 1.807) is 28.9 Å². The molecule has 0 atom stereocenters. The van der Waals surface area contributed by atoms with Crippen LogP contribution in [-0.2, 0) is 17.9 Å². The number of nitrogens with two attached hydrogens (primary N) is 1. The molecule has 27 heavy (non-hydrogen) atoms. The van der Waals surface area contributed by atoms with Crippen LogP contribution >= 0.6 is 0 Å². The number of nitrogens with zero attached hydrogens (tertiary/aromatic N) is 4. The molecule has 0 radical (unpaired) electrons. The smallest absolute Gasteiger partial charge is 0.253 e. The maximum atomic E-state index is 12.8. The molecule has 140 valence electrons. The average molecular weight is 366 g/mol. The summed E-state index contributed by atoms with van der Waals surface area (Å²) in [4.78, 5) is 25.6. The van der Waals surface area contributed by atoms with E-state index in [0.717, 1.165) is 28.2 Å². The number of hydrogen-bond acceptors (Lipinski definition) is 4. The van der Waals surface area contributed by atoms with Gasteiger partial charge in [-0.2, -0.15) is 10.2 Å². The van der Waals surface area contributed by atoms with Gasteiger partial charge >= 0.3 is 0 Å². The lowest BCUT2D eigenvalue weighted by atomic mass is 10.0. The second kappa shape index (κ2) is 7.45. The highest BCUT2D eigenvalue weighted by Gasteiger charge is 2.17. The summed E-state index contributed by atoms with van der Waals surface area (Å²) in [6.07, 6.45) is 1.66. The number of hydrogen-bond donors (Lipinski definition) is 2. The predicted octanol–water partition coefficient (Wildman–Crippen LogP) is 1.65. The minimum absolute atomic E-state index is 0.0260. The van der Waals surface area contributed by atoms with E-state index in [4.69, 9.17) is 5.73 Å². The van der Waals surface area contributed by atoms with E-state index in [9.17, 15) is 9.59 Å². The average Bonchev–Trinajstić information content (AvgIpc) is 3.22. The van der Waals surface area contributed by atoms with Crippen LogP contribution in [0.5, 0.6) is 0 Å². The van der Waals surface area contributed by atoms with Crippen molar-refractivity contribution in [3.63, 3.8) is 0 Å². The van der Waals surface area contributed by atoms with Crippen molar-refractivity contribution in [1.82, 2.24) is 24.9 Å². The number of primary amides is 1. The van der Waals surface area contributed by atoms with Gasteiger partial charge in [0.15, 0.2) is 0 Å². The SMILES string of the molecule is Cc1nn(CC(N)=O)c(C)c1-c1cccc(C(=O)N(C)Cc2ccn[nH]2)c1. The van der Waals surface area contributed by atoms with Crippen molar-refractivity contribution in [3.05, 3.63) is 59.2 Å². The highest BCUT2D eigenvalue weighted by molar-refractivity contribution is 5.95. The van der Waals surface area contributed by atoms with Gasteiger partial charge in [-0.15, -0.1) is 0 Å². The van der Waals surface area contributed by atoms with Crippen molar-refractivity contribution in [3.8, 4) is 11.1 Å². The third-order valence-corrected chi connectivity index (χ3v) is 4.40. The number of amides is 2. The van der Waals surface area contributed by atoms with Gasteiger partial charge in [0.2, 0.25) is 5.91 Å². The Hall–Kier alpha value is -3.42. The molecule has 3 aromatic rings. The van der Waals surface area contributed by atoms with Crippen LogP contribution in [-0.4, -0.2) is 43.7 Å². The van der Waals surface area contributed by atoms with Gasteiger partial charge in [0, 0.05) is 30.1 Å². The Morgan fingerprint density at radius 2 is 2.04 bits per heavy atom. The molecule has 8 nitrogen and oxygen atoms in total. The van der Waals surface area contributed by atoms with E-state index in [2.05, 4.69) is 15.3 Å². The van der Waals surface area contributed by atoms with E-state index in [1.807, 2.05) is 38.1 Å². The Bertz CT molecular complexity index is 974. The number of carbonyl (C=O) groups is 2. The van der Waals surface area contributed by atoms with Crippen molar-refractivity contribution in [1.29, 1.82) is 0 Å². The van der Waals surface area contributed by atoms with Crippen molar-refractivity contribution >= 4 is 11.8 Å². The minimum atomic E-state index is -0.448. The molecule has 2 heterocycles. The number of H-pyrrole nitrogens is 1. The van der Waals surface area contributed by atoms with Gasteiger partial charge in [-0.1, -0.05) is 12.1 Å². The first-order chi connectivity index (χ1) is 12.9. The van der Waals surface area contributed by atoms with E-state index in [0.29, 0.717) is 12.1 Å². The first kappa shape index (κ1) is 18.4. The molecule has 0 unspecified atom stereocenters. The third-order valence-electron chi connectivity index (χ3n) is 4.40. The summed E-state index contributed by atoms with van der Waals surface area (Å²) in [5.74, 6) is -0.539. The van der Waals surface area contributed by atoms with Crippen molar-refractivity contribution in [2.75, 3.05) is 7.05 Å². The van der Waals surface area contributed by atoms with Crippen LogP contribution in [0.1, 0.15) is 27.4 Å². The zero-order valence-electron chi connectivity index (χ0n) is 15.6. The van der Waals surface area contributed by atoms with E-state index in [1.165, 1.54) is 0 Å². The molecule has 2 amide bonds. The Morgan fingerprint density at radius 1 is 1.26 bits per heavy atom. The van der Waals surface area contributed by atoms with Gasteiger partial charge in [0.25, 0.3) is 5.91 Å². The van der Waals surface area contributed by atoms with Crippen LogP contribution in [0.25, 0.3) is 11.1 Å². The lowest BCUT2D eigenvalue weighted by Gasteiger charge is -2.16. The summed E-state index contributed by atoms with van der Waals surface area (Å²) >= 11 is 0. The summed E-state index contributed by atoms with van der Waals surface area (Å²) in [5.41, 5.74) is 10.1. The Labute approximate surface area is 157 Å². The topological polar surface area (TPSA) is 110 Å². The van der Waals surface area contributed by atoms with Crippen LogP contribution in [0.4, 0.5) is 0 Å². The molecule has 3 rings (SSSR count). The summed E-state index contributed by atoms with van der Waals surface area (Å²) in [5, 5.41) is 11.1. The molecule has 8 heteroatoms. The highest BCUT2D eigenvalue weighted by Crippen LogP contribution is 2.28. The summed E-state index contributed by atoms with van der Waals surface area (Å²) < 4.78 is 1.59. The van der Waals surface area contributed by atoms with Crippen LogP contribution < -0.4 is 5.73 Å². The Balaban J connectivity index is 1.88. The molecule has 0 spiro atoms. The lowest BCUT2D eigenvalue weighted by Crippen LogP contribution is -2.26. The monoisotopic (exact) mass is 366 g/mol. The van der Waals surface area contributed by atoms with Gasteiger partial charge in [0.1, 0.15) is 6.54 Å². The molecular weight excluding hydrogens is 344 g/mol. The van der Waals surface area contributed by atoms with Crippen molar-refractivity contribution in [2.45, 2.75) is 26.9 Å². The first-order valence-electron chi connectivity index (χ1n) is 8.53. The maximum absolute atomic E-state index is 12.8. The summed E-state index contributed by atoms with van der Waals surface area (Å²) in [6, 6.07) is 9.24. The van der Waals surface area contributed by atoms with Gasteiger partial charge < -0.3 is 10.6 Å². The van der Waals surface area contributed by atoms with Crippen LogP contribution in [0, 0.1) is 13.8 Å². The molecule has 1 aromatic carbocycles. The standard InChI is InChI=1S/C19H22N6O2/c1-12-18(13(2)25(23-12)11-17(20)26)14-5-4-6-15(9-14)19(27)24(3)10-16-7-8-21-22-16/h4-9H,10-11H2,1-3H3,(H2,20,26)(H,21,22). The lowest BCUT2D eigenvalue weighted by molar-refractivity contribution is -0.118. The molecule has 0 fully saturated rings. The van der Waals surface area contributed by atoms with Gasteiger partial charge in [0.05, 0.1) is 17.9 Å². The quantitative estimate of drug-likeness (QED) is 0.691. The van der Waals surface area contributed by atoms with Gasteiger partial charge in [-0.3, -0.25) is 19.4 Å². The number of rotatable bonds is 6. The molecule has 0 saturated heterocycles. The fourth-order valence-corrected chi connectivity index (χ4v) is 3.14. The molecule has 0 aliphatic rings. The minimum Gasteiger partial charge on any atom is -0.368 e. The summed E-state index contributed by atoms with van der Waals surface area (Å²) in [7, 11) is 1.75. The van der Waals surface area contributed by atoms with Crippen LogP contribution in [0.15, 0.2) is 36.5 Å². The fourth-order valence-electron chi connectivity index (χ4n) is 3.14. The Kier molecular flexibility index (Phi) is 5.07. The second-order valence-electron chi connectivity index (χ2n) is 6.49. The van der Waals surface area contributed by atoms with E-state index in [-0.39, 0.29) is 12.5 Å². The molecular formula is C19H22N6O2. The Morgan fingerprint density at radius 3 is 2.70 bits per heavy atom. The van der Waals surface area contributed by atoms with E-state index >= 15 is 0 Å². The van der Waals surface area contributed by atoms with Crippen molar-refractivity contribution in [2.24, 2.45) is 5.73 Å². The van der Waals surface area contributed by atoms with Crippen LogP contribution in [0.2, 0.25) is 0 Å². The van der Waals surface area contributed by atoms with Crippen LogP contribution in [0.3, 0.4) is 0 Å². The summed E-state index contributed by atoms with van der Waals surface area (Å²) in [6.45, 7) is 4.23.